The maximum atomic E-state index is 13.6. The highest BCUT2D eigenvalue weighted by atomic mass is 16.2. The first-order valence-corrected chi connectivity index (χ1v) is 10.9. The van der Waals surface area contributed by atoms with Crippen LogP contribution in [0.5, 0.6) is 0 Å². The first-order valence-electron chi connectivity index (χ1n) is 10.9. The van der Waals surface area contributed by atoms with E-state index in [-0.39, 0.29) is 11.5 Å². The Kier molecular flexibility index (Phi) is 4.85. The monoisotopic (exact) mass is 414 g/mol. The molecule has 31 heavy (non-hydrogen) atoms. The maximum Gasteiger partial charge on any atom is 0.270 e. The van der Waals surface area contributed by atoms with Crippen molar-refractivity contribution in [3.05, 3.63) is 81.9 Å². The van der Waals surface area contributed by atoms with Gasteiger partial charge in [-0.25, -0.2) is 4.98 Å². The fourth-order valence-corrected chi connectivity index (χ4v) is 4.60. The zero-order valence-corrected chi connectivity index (χ0v) is 17.9. The average Bonchev–Trinajstić information content (AvgIpc) is 3.13. The third kappa shape index (κ3) is 3.42. The number of amides is 1. The van der Waals surface area contributed by atoms with Crippen molar-refractivity contribution in [3.63, 3.8) is 0 Å². The lowest BCUT2D eigenvalue weighted by Gasteiger charge is -2.31. The normalized spacial score (nSPS) is 16.8. The number of hydrogen-bond acceptors (Lipinski definition) is 3. The topological polar surface area (TPSA) is 59.6 Å². The van der Waals surface area contributed by atoms with E-state index in [4.69, 9.17) is 4.98 Å². The van der Waals surface area contributed by atoms with Crippen LogP contribution in [0.4, 0.5) is 0 Å². The lowest BCUT2D eigenvalue weighted by molar-refractivity contribution is 0.0673. The summed E-state index contributed by atoms with van der Waals surface area (Å²) < 4.78 is 3.49. The Bertz CT molecular complexity index is 1340. The van der Waals surface area contributed by atoms with Crippen LogP contribution in [0.15, 0.2) is 59.5 Å². The molecule has 1 atom stereocenters. The van der Waals surface area contributed by atoms with E-state index in [9.17, 15) is 9.59 Å². The van der Waals surface area contributed by atoms with Gasteiger partial charge in [0.15, 0.2) is 0 Å². The Labute approximate surface area is 180 Å². The number of piperidine rings is 1. The lowest BCUT2D eigenvalue weighted by Crippen LogP contribution is -2.40. The Hall–Kier alpha value is -3.41. The fourth-order valence-electron chi connectivity index (χ4n) is 4.60. The summed E-state index contributed by atoms with van der Waals surface area (Å²) in [4.78, 5) is 33.6. The van der Waals surface area contributed by atoms with E-state index >= 15 is 0 Å². The first kappa shape index (κ1) is 19.5. The van der Waals surface area contributed by atoms with E-state index in [2.05, 4.69) is 6.92 Å². The van der Waals surface area contributed by atoms with Crippen LogP contribution in [-0.2, 0) is 6.54 Å². The number of carbonyl (C=O) groups is 1. The number of rotatable bonds is 3. The van der Waals surface area contributed by atoms with E-state index in [1.54, 1.807) is 16.7 Å². The number of nitrogens with zero attached hydrogens (tertiary/aromatic N) is 4. The van der Waals surface area contributed by atoms with Crippen molar-refractivity contribution in [3.8, 4) is 0 Å². The number of likely N-dealkylation sites (tertiary alicyclic amines) is 1. The van der Waals surface area contributed by atoms with Crippen molar-refractivity contribution in [1.29, 1.82) is 0 Å². The third-order valence-corrected chi connectivity index (χ3v) is 6.24. The van der Waals surface area contributed by atoms with Crippen LogP contribution in [0.2, 0.25) is 0 Å². The Morgan fingerprint density at radius 3 is 2.71 bits per heavy atom. The predicted octanol–water partition coefficient (Wildman–Crippen LogP) is 3.88. The maximum absolute atomic E-state index is 13.6. The largest absolute Gasteiger partial charge is 0.337 e. The van der Waals surface area contributed by atoms with Gasteiger partial charge in [-0.2, -0.15) is 0 Å². The van der Waals surface area contributed by atoms with E-state index < -0.39 is 0 Å². The van der Waals surface area contributed by atoms with Gasteiger partial charge in [0, 0.05) is 25.8 Å². The summed E-state index contributed by atoms with van der Waals surface area (Å²) in [5.41, 5.74) is 3.57. The molecule has 4 aromatic rings. The van der Waals surface area contributed by atoms with Gasteiger partial charge in [0.1, 0.15) is 17.0 Å². The highest BCUT2D eigenvalue weighted by Gasteiger charge is 2.27. The summed E-state index contributed by atoms with van der Waals surface area (Å²) in [5.74, 6) is 0.462. The lowest BCUT2D eigenvalue weighted by atomic mass is 10.00. The molecule has 0 N–H and O–H groups in total. The van der Waals surface area contributed by atoms with Crippen LogP contribution in [0.25, 0.3) is 16.7 Å². The molecule has 3 aromatic heterocycles. The number of fused-ring (bicyclic) bond motifs is 2. The highest BCUT2D eigenvalue weighted by molar-refractivity contribution is 5.98. The molecule has 0 radical (unpaired) electrons. The molecule has 0 aliphatic carbocycles. The Morgan fingerprint density at radius 1 is 1.13 bits per heavy atom. The molecule has 0 saturated carbocycles. The van der Waals surface area contributed by atoms with Crippen LogP contribution in [0, 0.1) is 12.8 Å². The zero-order chi connectivity index (χ0) is 21.5. The molecule has 6 heteroatoms. The summed E-state index contributed by atoms with van der Waals surface area (Å²) in [7, 11) is 0. The van der Waals surface area contributed by atoms with Crippen molar-refractivity contribution in [1.82, 2.24) is 18.9 Å². The minimum atomic E-state index is -0.142. The number of hydrogen-bond donors (Lipinski definition) is 0. The molecule has 4 heterocycles. The van der Waals surface area contributed by atoms with Crippen molar-refractivity contribution in [2.45, 2.75) is 33.2 Å². The van der Waals surface area contributed by atoms with Crippen LogP contribution >= 0.6 is 0 Å². The van der Waals surface area contributed by atoms with Crippen molar-refractivity contribution in [2.75, 3.05) is 13.1 Å². The summed E-state index contributed by atoms with van der Waals surface area (Å²) in [6.07, 6.45) is 3.89. The van der Waals surface area contributed by atoms with Crippen LogP contribution in [0.3, 0.4) is 0 Å². The predicted molar refractivity (Wildman–Crippen MR) is 122 cm³/mol. The third-order valence-electron chi connectivity index (χ3n) is 6.24. The standard InChI is InChI=1S/C25H26N4O2/c1-17-8-6-12-27(15-17)25(31)21-14-20-23(29(21)16-19-10-4-3-5-11-19)26-22-18(2)9-7-13-28(22)24(20)30/h3-5,7,9-11,13-14,17H,6,8,12,15-16H2,1-2H3/t17-/m0/s1. The van der Waals surface area contributed by atoms with Gasteiger partial charge >= 0.3 is 0 Å². The van der Waals surface area contributed by atoms with E-state index in [1.807, 2.05) is 58.9 Å². The molecule has 1 aliphatic heterocycles. The van der Waals surface area contributed by atoms with Gasteiger partial charge in [0.05, 0.1) is 5.39 Å². The molecule has 1 amide bonds. The quantitative estimate of drug-likeness (QED) is 0.511. The molecule has 0 unspecified atom stereocenters. The van der Waals surface area contributed by atoms with Crippen LogP contribution < -0.4 is 5.56 Å². The summed E-state index contributed by atoms with van der Waals surface area (Å²) in [6.45, 7) is 6.12. The molecule has 5 rings (SSSR count). The fraction of sp³-hybridized carbons (Fsp3) is 0.320. The number of benzene rings is 1. The minimum absolute atomic E-state index is 0.0225. The SMILES string of the molecule is Cc1cccn2c(=O)c3cc(C(=O)N4CCC[C@H](C)C4)n(Cc4ccccc4)c3nc12. The van der Waals surface area contributed by atoms with Gasteiger partial charge in [0.2, 0.25) is 0 Å². The average molecular weight is 415 g/mol. The molecular formula is C25H26N4O2. The Balaban J connectivity index is 1.73. The molecule has 1 aliphatic rings. The number of pyridine rings is 1. The Morgan fingerprint density at radius 2 is 1.94 bits per heavy atom. The van der Waals surface area contributed by atoms with E-state index in [0.717, 1.165) is 37.1 Å². The van der Waals surface area contributed by atoms with Crippen molar-refractivity contribution >= 4 is 22.6 Å². The van der Waals surface area contributed by atoms with Gasteiger partial charge in [-0.05, 0) is 48.9 Å². The smallest absolute Gasteiger partial charge is 0.270 e. The van der Waals surface area contributed by atoms with Gasteiger partial charge in [-0.3, -0.25) is 14.0 Å². The summed E-state index contributed by atoms with van der Waals surface area (Å²) in [6, 6.07) is 15.5. The van der Waals surface area contributed by atoms with E-state index in [0.29, 0.717) is 34.8 Å². The molecule has 1 aromatic carbocycles. The molecule has 6 nitrogen and oxygen atoms in total. The summed E-state index contributed by atoms with van der Waals surface area (Å²) in [5, 5.41) is 0.479. The number of aryl methyl sites for hydroxylation is 1. The van der Waals surface area contributed by atoms with Gasteiger partial charge in [0.25, 0.3) is 11.5 Å². The van der Waals surface area contributed by atoms with E-state index in [1.165, 1.54) is 0 Å². The van der Waals surface area contributed by atoms with Crippen molar-refractivity contribution in [2.24, 2.45) is 5.92 Å². The minimum Gasteiger partial charge on any atom is -0.337 e. The molecule has 0 bridgehead atoms. The summed E-state index contributed by atoms with van der Waals surface area (Å²) >= 11 is 0. The van der Waals surface area contributed by atoms with Crippen molar-refractivity contribution < 1.29 is 4.79 Å². The molecule has 1 saturated heterocycles. The van der Waals surface area contributed by atoms with Crippen LogP contribution in [-0.4, -0.2) is 37.8 Å². The molecule has 0 spiro atoms. The highest BCUT2D eigenvalue weighted by Crippen LogP contribution is 2.23. The number of carbonyl (C=O) groups excluding carboxylic acids is 1. The first-order chi connectivity index (χ1) is 15.0. The zero-order valence-electron chi connectivity index (χ0n) is 17.9. The van der Waals surface area contributed by atoms with Gasteiger partial charge in [-0.15, -0.1) is 0 Å². The molecule has 1 fully saturated rings. The van der Waals surface area contributed by atoms with Gasteiger partial charge in [-0.1, -0.05) is 43.3 Å². The molecule has 158 valence electrons. The van der Waals surface area contributed by atoms with Crippen LogP contribution in [0.1, 0.15) is 41.4 Å². The number of aromatic nitrogens is 3. The van der Waals surface area contributed by atoms with Gasteiger partial charge < -0.3 is 9.47 Å². The second-order valence-corrected chi connectivity index (χ2v) is 8.64. The second kappa shape index (κ2) is 7.69. The molecular weight excluding hydrogens is 388 g/mol. The second-order valence-electron chi connectivity index (χ2n) is 8.64.